The molecule has 0 bridgehead atoms. The van der Waals surface area contributed by atoms with Crippen LogP contribution in [0.15, 0.2) is 40.1 Å². The van der Waals surface area contributed by atoms with Gasteiger partial charge in [0.05, 0.1) is 18.1 Å². The maximum absolute atomic E-state index is 13.0. The van der Waals surface area contributed by atoms with Crippen LogP contribution >= 0.6 is 0 Å². The average molecular weight is 451 g/mol. The van der Waals surface area contributed by atoms with Gasteiger partial charge in [0, 0.05) is 26.2 Å². The predicted octanol–water partition coefficient (Wildman–Crippen LogP) is 0.499. The Morgan fingerprint density at radius 2 is 1.85 bits per heavy atom. The maximum atomic E-state index is 13.0. The van der Waals surface area contributed by atoms with Gasteiger partial charge in [-0.3, -0.25) is 9.79 Å². The van der Waals surface area contributed by atoms with Crippen molar-refractivity contribution < 1.29 is 9.53 Å². The molecule has 4 rings (SSSR count). The molecule has 1 amide bonds. The quantitative estimate of drug-likeness (QED) is 0.691. The molecule has 2 aliphatic heterocycles. The number of likely N-dealkylation sites (N-methyl/N-ethyl adjacent to an activating group) is 1. The van der Waals surface area contributed by atoms with E-state index in [1.807, 2.05) is 37.4 Å². The largest absolute Gasteiger partial charge is 0.416 e. The molecule has 2 N–H and O–H groups in total. The van der Waals surface area contributed by atoms with Gasteiger partial charge in [0.1, 0.15) is 10.7 Å². The summed E-state index contributed by atoms with van der Waals surface area (Å²) >= 11 is 0. The van der Waals surface area contributed by atoms with Crippen LogP contribution in [0.5, 0.6) is 5.88 Å². The number of hydrogen-bond donors (Lipinski definition) is 2. The molecule has 1 aromatic heterocycles. The first-order valence-corrected chi connectivity index (χ1v) is 11.1. The number of aliphatic imine (C=N–C) groups is 1. The van der Waals surface area contributed by atoms with E-state index in [1.165, 1.54) is 0 Å². The molecule has 2 aromatic rings. The molecule has 174 valence electrons. The first-order chi connectivity index (χ1) is 15.7. The topological polar surface area (TPSA) is 103 Å². The summed E-state index contributed by atoms with van der Waals surface area (Å²) in [7, 11) is 2.02. The maximum Gasteiger partial charge on any atom is 0.416 e. The van der Waals surface area contributed by atoms with Gasteiger partial charge in [0.25, 0.3) is 11.4 Å². The number of aromatic nitrogens is 2. The number of aromatic amines is 1. The fourth-order valence-corrected chi connectivity index (χ4v) is 3.85. The molecular formula is C24H30N6O3. The van der Waals surface area contributed by atoms with Gasteiger partial charge in [0.15, 0.2) is 0 Å². The molecule has 1 aromatic carbocycles. The van der Waals surface area contributed by atoms with Gasteiger partial charge >= 0.3 is 6.09 Å². The van der Waals surface area contributed by atoms with E-state index in [0.29, 0.717) is 24.1 Å². The Morgan fingerprint density at radius 1 is 1.15 bits per heavy atom. The van der Waals surface area contributed by atoms with E-state index >= 15 is 0 Å². The smallest absolute Gasteiger partial charge is 0.389 e. The zero-order valence-corrected chi connectivity index (χ0v) is 19.5. The summed E-state index contributed by atoms with van der Waals surface area (Å²) in [5, 5.41) is 3.62. The molecule has 1 atom stereocenters. The van der Waals surface area contributed by atoms with Crippen LogP contribution in [0.25, 0.3) is 11.8 Å². The normalized spacial score (nSPS) is 21.3. The zero-order valence-electron chi connectivity index (χ0n) is 19.5. The van der Waals surface area contributed by atoms with Gasteiger partial charge in [-0.25, -0.2) is 9.78 Å². The van der Waals surface area contributed by atoms with E-state index in [4.69, 9.17) is 4.74 Å². The highest BCUT2D eigenvalue weighted by Gasteiger charge is 2.32. The Morgan fingerprint density at radius 3 is 2.52 bits per heavy atom. The van der Waals surface area contributed by atoms with Crippen molar-refractivity contribution in [2.24, 2.45) is 10.4 Å². The molecular weight excluding hydrogens is 420 g/mol. The van der Waals surface area contributed by atoms with Crippen molar-refractivity contribution in [3.05, 3.63) is 56.9 Å². The molecule has 0 aliphatic carbocycles. The van der Waals surface area contributed by atoms with Crippen LogP contribution in [0.2, 0.25) is 0 Å². The number of nitrogens with one attached hydrogen (secondary N) is 2. The fourth-order valence-electron chi connectivity index (χ4n) is 3.85. The number of H-pyrrole nitrogens is 1. The molecule has 0 radical (unpaired) electrons. The lowest BCUT2D eigenvalue weighted by Gasteiger charge is -2.31. The Kier molecular flexibility index (Phi) is 6.33. The molecule has 3 heterocycles. The van der Waals surface area contributed by atoms with Gasteiger partial charge < -0.3 is 24.8 Å². The highest BCUT2D eigenvalue weighted by molar-refractivity contribution is 5.76. The van der Waals surface area contributed by atoms with Crippen LogP contribution in [0.3, 0.4) is 0 Å². The number of amides is 1. The molecule has 0 saturated carbocycles. The van der Waals surface area contributed by atoms with E-state index in [1.54, 1.807) is 17.3 Å². The lowest BCUT2D eigenvalue weighted by atomic mass is 9.85. The third-order valence-electron chi connectivity index (χ3n) is 5.76. The Bertz CT molecular complexity index is 1220. The van der Waals surface area contributed by atoms with Crippen LogP contribution in [0.1, 0.15) is 26.3 Å². The summed E-state index contributed by atoms with van der Waals surface area (Å²) in [5.74, 6) is 0.0583. The molecule has 0 spiro atoms. The van der Waals surface area contributed by atoms with Gasteiger partial charge in [-0.05, 0) is 24.1 Å². The molecule has 1 unspecified atom stereocenters. The number of piperazine rings is 1. The number of carbonyl (C=O) groups excluding carboxylic acids is 1. The third-order valence-corrected chi connectivity index (χ3v) is 5.76. The monoisotopic (exact) mass is 450 g/mol. The van der Waals surface area contributed by atoms with Crippen LogP contribution in [0, 0.1) is 5.41 Å². The van der Waals surface area contributed by atoms with Crippen molar-refractivity contribution >= 4 is 24.2 Å². The van der Waals surface area contributed by atoms with Crippen LogP contribution < -0.4 is 26.3 Å². The molecule has 9 heteroatoms. The van der Waals surface area contributed by atoms with Crippen LogP contribution in [-0.4, -0.2) is 71.5 Å². The first kappa shape index (κ1) is 22.7. The van der Waals surface area contributed by atoms with Crippen molar-refractivity contribution in [2.45, 2.75) is 26.8 Å². The lowest BCUT2D eigenvalue weighted by molar-refractivity contribution is 0.118. The van der Waals surface area contributed by atoms with Crippen molar-refractivity contribution in [1.82, 2.24) is 25.1 Å². The summed E-state index contributed by atoms with van der Waals surface area (Å²) in [4.78, 5) is 41.6. The standard InChI is InChI=1S/C24H30N6O3/c1-24(2,3)20-18(25-15-26-20)19-22(33-23(32)30-12-10-29(4)11-13-30)27-17(21(31)28-19)14-16-8-6-5-7-9-16/h5-9,14-15,20H,10-13H2,1-4H3,(H,25,26)(H,28,31)/b17-14-,19-18+. The van der Waals surface area contributed by atoms with E-state index in [0.717, 1.165) is 18.7 Å². The van der Waals surface area contributed by atoms with Crippen molar-refractivity contribution in [3.8, 4) is 5.88 Å². The summed E-state index contributed by atoms with van der Waals surface area (Å²) in [6, 6.07) is 9.16. The van der Waals surface area contributed by atoms with Gasteiger partial charge in [0.2, 0.25) is 0 Å². The van der Waals surface area contributed by atoms with E-state index < -0.39 is 6.09 Å². The highest BCUT2D eigenvalue weighted by atomic mass is 16.6. The average Bonchev–Trinajstić information content (AvgIpc) is 3.27. The molecule has 1 saturated heterocycles. The van der Waals surface area contributed by atoms with Crippen LogP contribution in [0.4, 0.5) is 4.79 Å². The minimum atomic E-state index is -0.485. The molecule has 9 nitrogen and oxygen atoms in total. The van der Waals surface area contributed by atoms with Gasteiger partial charge in [-0.1, -0.05) is 51.1 Å². The molecule has 1 fully saturated rings. The van der Waals surface area contributed by atoms with Crippen molar-refractivity contribution in [2.75, 3.05) is 33.2 Å². The Hall–Kier alpha value is -3.46. The van der Waals surface area contributed by atoms with Gasteiger partial charge in [-0.2, -0.15) is 0 Å². The minimum absolute atomic E-state index is 0.0583. The van der Waals surface area contributed by atoms with Crippen LogP contribution in [-0.2, 0) is 0 Å². The SMILES string of the molecule is CN1CCN(C(=O)Oc2n/c(=C\c3ccccc3)c(=O)[nH]/c2=C2/NC=NC2C(C)(C)C)CC1. The highest BCUT2D eigenvalue weighted by Crippen LogP contribution is 2.29. The van der Waals surface area contributed by atoms with E-state index in [-0.39, 0.29) is 28.2 Å². The zero-order chi connectivity index (χ0) is 23.6. The first-order valence-electron chi connectivity index (χ1n) is 11.1. The lowest BCUT2D eigenvalue weighted by Crippen LogP contribution is -2.49. The Balaban J connectivity index is 1.82. The fraction of sp³-hybridized carbons (Fsp3) is 0.417. The summed E-state index contributed by atoms with van der Waals surface area (Å²) in [6.45, 7) is 8.85. The minimum Gasteiger partial charge on any atom is -0.389 e. The number of carbonyl (C=O) groups is 1. The number of nitrogens with zero attached hydrogens (tertiary/aromatic N) is 4. The second-order valence-electron chi connectivity index (χ2n) is 9.45. The van der Waals surface area contributed by atoms with Crippen molar-refractivity contribution in [1.29, 1.82) is 0 Å². The third kappa shape index (κ3) is 5.14. The second kappa shape index (κ2) is 9.19. The summed E-state index contributed by atoms with van der Waals surface area (Å²) < 4.78 is 5.78. The molecule has 33 heavy (non-hydrogen) atoms. The number of ether oxygens (including phenoxy) is 1. The summed E-state index contributed by atoms with van der Waals surface area (Å²) in [6.07, 6.45) is 2.78. The number of hydrogen-bond acceptors (Lipinski definition) is 7. The van der Waals surface area contributed by atoms with E-state index in [9.17, 15) is 9.59 Å². The number of rotatable bonds is 2. The van der Waals surface area contributed by atoms with E-state index in [2.05, 4.69) is 45.9 Å². The summed E-state index contributed by atoms with van der Waals surface area (Å²) in [5.41, 5.74) is 0.878. The van der Waals surface area contributed by atoms with Gasteiger partial charge in [-0.15, -0.1) is 0 Å². The predicted molar refractivity (Wildman–Crippen MR) is 127 cm³/mol. The van der Waals surface area contributed by atoms with Crippen molar-refractivity contribution in [3.63, 3.8) is 0 Å². The number of benzene rings is 1. The second-order valence-corrected chi connectivity index (χ2v) is 9.45. The molecule has 2 aliphatic rings. The Labute approximate surface area is 192 Å².